The van der Waals surface area contributed by atoms with Crippen LogP contribution in [0.1, 0.15) is 27.7 Å². The lowest BCUT2D eigenvalue weighted by molar-refractivity contribution is -0.126. The van der Waals surface area contributed by atoms with Crippen LogP contribution >= 0.6 is 11.8 Å². The molecule has 0 heterocycles. The maximum Gasteiger partial charge on any atom is 0.247 e. The van der Waals surface area contributed by atoms with Gasteiger partial charge in [-0.3, -0.25) is 9.59 Å². The first-order chi connectivity index (χ1) is 10.8. The molecule has 1 aromatic rings. The minimum absolute atomic E-state index is 0.0164. The van der Waals surface area contributed by atoms with Crippen LogP contribution in [0.25, 0.3) is 0 Å². The fourth-order valence-corrected chi connectivity index (χ4v) is 2.87. The average Bonchev–Trinajstić information content (AvgIpc) is 2.50. The van der Waals surface area contributed by atoms with Crippen molar-refractivity contribution >= 4 is 29.3 Å². The highest BCUT2D eigenvalue weighted by Crippen LogP contribution is 2.28. The Morgan fingerprint density at radius 1 is 1.26 bits per heavy atom. The standard InChI is InChI=1S/C17H23N3O2S/c1-11(2)16(19-13(4)21)17(22)20-14-7-5-6-8-15(14)23-10-12(3)9-18/h5-8,11-12,16H,10H2,1-4H3,(H,19,21)(H,20,22)/t12-,16+/m1/s1. The number of amides is 2. The third-order valence-electron chi connectivity index (χ3n) is 3.16. The number of rotatable bonds is 7. The molecule has 5 nitrogen and oxygen atoms in total. The van der Waals surface area contributed by atoms with Crippen molar-refractivity contribution in [1.82, 2.24) is 5.32 Å². The molecule has 6 heteroatoms. The Morgan fingerprint density at radius 2 is 1.91 bits per heavy atom. The molecule has 0 unspecified atom stereocenters. The van der Waals surface area contributed by atoms with E-state index in [4.69, 9.17) is 5.26 Å². The summed E-state index contributed by atoms with van der Waals surface area (Å²) in [5.41, 5.74) is 0.698. The van der Waals surface area contributed by atoms with Gasteiger partial charge in [0, 0.05) is 17.6 Å². The molecule has 23 heavy (non-hydrogen) atoms. The van der Waals surface area contributed by atoms with Crippen molar-refractivity contribution in [3.05, 3.63) is 24.3 Å². The summed E-state index contributed by atoms with van der Waals surface area (Å²) in [4.78, 5) is 24.6. The van der Waals surface area contributed by atoms with Gasteiger partial charge in [-0.2, -0.15) is 5.26 Å². The van der Waals surface area contributed by atoms with Crippen molar-refractivity contribution in [3.8, 4) is 6.07 Å². The Labute approximate surface area is 141 Å². The van der Waals surface area contributed by atoms with E-state index in [0.717, 1.165) is 4.90 Å². The predicted molar refractivity (Wildman–Crippen MR) is 93.0 cm³/mol. The summed E-state index contributed by atoms with van der Waals surface area (Å²) in [6.45, 7) is 7.03. The zero-order valence-corrected chi connectivity index (χ0v) is 14.7. The molecule has 1 rings (SSSR count). The Bertz CT molecular complexity index is 596. The summed E-state index contributed by atoms with van der Waals surface area (Å²) in [5, 5.41) is 14.4. The molecule has 0 saturated carbocycles. The van der Waals surface area contributed by atoms with Crippen LogP contribution in [0.2, 0.25) is 0 Å². The summed E-state index contributed by atoms with van der Waals surface area (Å²) < 4.78 is 0. The quantitative estimate of drug-likeness (QED) is 0.751. The molecular formula is C17H23N3O2S. The predicted octanol–water partition coefficient (Wildman–Crippen LogP) is 3.04. The molecule has 2 N–H and O–H groups in total. The van der Waals surface area contributed by atoms with E-state index in [9.17, 15) is 9.59 Å². The van der Waals surface area contributed by atoms with Crippen LogP contribution in [0.5, 0.6) is 0 Å². The van der Waals surface area contributed by atoms with Crippen LogP contribution < -0.4 is 10.6 Å². The summed E-state index contributed by atoms with van der Waals surface area (Å²) >= 11 is 1.53. The van der Waals surface area contributed by atoms with Gasteiger partial charge in [0.2, 0.25) is 11.8 Å². The minimum atomic E-state index is -0.580. The van der Waals surface area contributed by atoms with E-state index >= 15 is 0 Å². The second-order valence-electron chi connectivity index (χ2n) is 5.75. The summed E-state index contributed by atoms with van der Waals surface area (Å²) in [6, 6.07) is 9.08. The van der Waals surface area contributed by atoms with Crippen molar-refractivity contribution in [1.29, 1.82) is 5.26 Å². The number of hydrogen-bond acceptors (Lipinski definition) is 4. The first-order valence-electron chi connectivity index (χ1n) is 7.54. The molecule has 0 saturated heterocycles. The van der Waals surface area contributed by atoms with Gasteiger partial charge in [-0.1, -0.05) is 26.0 Å². The molecule has 0 aromatic heterocycles. The Balaban J connectivity index is 2.84. The largest absolute Gasteiger partial charge is 0.344 e. The molecule has 0 spiro atoms. The fourth-order valence-electron chi connectivity index (χ4n) is 1.91. The fraction of sp³-hybridized carbons (Fsp3) is 0.471. The third kappa shape index (κ3) is 6.33. The van der Waals surface area contributed by atoms with Crippen LogP contribution in [-0.2, 0) is 9.59 Å². The maximum atomic E-state index is 12.4. The topological polar surface area (TPSA) is 82.0 Å². The molecule has 0 bridgehead atoms. The SMILES string of the molecule is CC(=O)N[C@H](C(=O)Nc1ccccc1SC[C@H](C)C#N)C(C)C. The van der Waals surface area contributed by atoms with Crippen molar-refractivity contribution in [2.45, 2.75) is 38.6 Å². The molecule has 0 aliphatic heterocycles. The third-order valence-corrected chi connectivity index (χ3v) is 4.50. The van der Waals surface area contributed by atoms with Gasteiger partial charge in [0.05, 0.1) is 17.7 Å². The molecule has 2 amide bonds. The van der Waals surface area contributed by atoms with Gasteiger partial charge >= 0.3 is 0 Å². The van der Waals surface area contributed by atoms with E-state index < -0.39 is 6.04 Å². The summed E-state index contributed by atoms with van der Waals surface area (Å²) in [6.07, 6.45) is 0. The van der Waals surface area contributed by atoms with E-state index in [1.807, 2.05) is 45.0 Å². The number of hydrogen-bond donors (Lipinski definition) is 2. The van der Waals surface area contributed by atoms with Gasteiger partial charge < -0.3 is 10.6 Å². The lowest BCUT2D eigenvalue weighted by Crippen LogP contribution is -2.46. The zero-order chi connectivity index (χ0) is 17.4. The number of thioether (sulfide) groups is 1. The van der Waals surface area contributed by atoms with E-state index in [1.54, 1.807) is 0 Å². The average molecular weight is 333 g/mol. The van der Waals surface area contributed by atoms with Crippen LogP contribution in [0.3, 0.4) is 0 Å². The highest BCUT2D eigenvalue weighted by molar-refractivity contribution is 7.99. The molecule has 0 aliphatic rings. The Kier molecular flexibility index (Phi) is 7.63. The number of anilines is 1. The van der Waals surface area contributed by atoms with Crippen LogP contribution in [0.15, 0.2) is 29.2 Å². The number of nitrogens with one attached hydrogen (secondary N) is 2. The summed E-state index contributed by atoms with van der Waals surface area (Å²) in [5.74, 6) is 0.104. The van der Waals surface area contributed by atoms with Gasteiger partial charge in [0.15, 0.2) is 0 Å². The molecule has 2 atom stereocenters. The monoisotopic (exact) mass is 333 g/mol. The first kappa shape index (κ1) is 19.0. The Morgan fingerprint density at radius 3 is 2.48 bits per heavy atom. The highest BCUT2D eigenvalue weighted by Gasteiger charge is 2.23. The smallest absolute Gasteiger partial charge is 0.247 e. The van der Waals surface area contributed by atoms with Gasteiger partial charge in [-0.15, -0.1) is 11.8 Å². The summed E-state index contributed by atoms with van der Waals surface area (Å²) in [7, 11) is 0. The van der Waals surface area contributed by atoms with Gasteiger partial charge in [-0.05, 0) is 25.0 Å². The van der Waals surface area contributed by atoms with Gasteiger partial charge in [-0.25, -0.2) is 0 Å². The molecule has 0 aliphatic carbocycles. The van der Waals surface area contributed by atoms with Crippen molar-refractivity contribution in [3.63, 3.8) is 0 Å². The van der Waals surface area contributed by atoms with Crippen LogP contribution in [0.4, 0.5) is 5.69 Å². The highest BCUT2D eigenvalue weighted by atomic mass is 32.2. The molecule has 124 valence electrons. The molecule has 1 aromatic carbocycles. The van der Waals surface area contributed by atoms with E-state index in [1.165, 1.54) is 18.7 Å². The number of nitrogens with zero attached hydrogens (tertiary/aromatic N) is 1. The Hall–Kier alpha value is -2.00. The number of carbonyl (C=O) groups excluding carboxylic acids is 2. The maximum absolute atomic E-state index is 12.4. The first-order valence-corrected chi connectivity index (χ1v) is 8.53. The van der Waals surface area contributed by atoms with Crippen molar-refractivity contribution in [2.24, 2.45) is 11.8 Å². The second-order valence-corrected chi connectivity index (χ2v) is 6.81. The number of nitriles is 1. The molecule has 0 radical (unpaired) electrons. The zero-order valence-electron chi connectivity index (χ0n) is 13.9. The number of benzene rings is 1. The molecule has 0 fully saturated rings. The van der Waals surface area contributed by atoms with E-state index in [-0.39, 0.29) is 23.7 Å². The van der Waals surface area contributed by atoms with E-state index in [2.05, 4.69) is 16.7 Å². The van der Waals surface area contributed by atoms with Crippen molar-refractivity contribution < 1.29 is 9.59 Å². The molecular weight excluding hydrogens is 310 g/mol. The van der Waals surface area contributed by atoms with Crippen LogP contribution in [0, 0.1) is 23.2 Å². The minimum Gasteiger partial charge on any atom is -0.344 e. The second kappa shape index (κ2) is 9.21. The van der Waals surface area contributed by atoms with Gasteiger partial charge in [0.25, 0.3) is 0 Å². The lowest BCUT2D eigenvalue weighted by Gasteiger charge is -2.21. The normalized spacial score (nSPS) is 13.0. The van der Waals surface area contributed by atoms with E-state index in [0.29, 0.717) is 11.4 Å². The lowest BCUT2D eigenvalue weighted by atomic mass is 10.0. The number of para-hydroxylation sites is 1. The number of carbonyl (C=O) groups is 2. The van der Waals surface area contributed by atoms with Gasteiger partial charge in [0.1, 0.15) is 6.04 Å². The van der Waals surface area contributed by atoms with Crippen LogP contribution in [-0.4, -0.2) is 23.6 Å². The van der Waals surface area contributed by atoms with Crippen molar-refractivity contribution in [2.75, 3.05) is 11.1 Å².